The summed E-state index contributed by atoms with van der Waals surface area (Å²) in [5.41, 5.74) is 23.0. The van der Waals surface area contributed by atoms with Gasteiger partial charge in [0.15, 0.2) is 0 Å². The van der Waals surface area contributed by atoms with Crippen LogP contribution in [-0.4, -0.2) is 0 Å². The van der Waals surface area contributed by atoms with Gasteiger partial charge in [0.1, 0.15) is 0 Å². The Hall–Kier alpha value is -6.46. The summed E-state index contributed by atoms with van der Waals surface area (Å²) in [6.45, 7) is 26.8. The molecule has 0 aliphatic heterocycles. The summed E-state index contributed by atoms with van der Waals surface area (Å²) < 4.78 is 5.42. The highest BCUT2D eigenvalue weighted by Gasteiger charge is 2.21. The minimum atomic E-state index is 1.17. The molecule has 0 unspecified atom stereocenters. The molecular formula is C62H56N2S2. The molecule has 11 rings (SSSR count). The van der Waals surface area contributed by atoms with Gasteiger partial charge in [0.25, 0.3) is 0 Å². The molecule has 326 valence electrons. The van der Waals surface area contributed by atoms with E-state index in [1.54, 1.807) is 0 Å². The largest absolute Gasteiger partial charge is 0.310 e. The number of rotatable bonds is 6. The van der Waals surface area contributed by atoms with Crippen LogP contribution in [0.4, 0.5) is 34.1 Å². The maximum absolute atomic E-state index is 2.45. The van der Waals surface area contributed by atoms with Crippen molar-refractivity contribution in [1.29, 1.82) is 0 Å². The van der Waals surface area contributed by atoms with Crippen LogP contribution < -0.4 is 9.80 Å². The summed E-state index contributed by atoms with van der Waals surface area (Å²) in [5.74, 6) is 0. The summed E-state index contributed by atoms with van der Waals surface area (Å²) in [5, 5.41) is 10.5. The smallest absolute Gasteiger partial charge is 0.0468 e. The quantitative estimate of drug-likeness (QED) is 0.164. The van der Waals surface area contributed by atoms with Crippen LogP contribution >= 0.6 is 22.7 Å². The van der Waals surface area contributed by atoms with Crippen LogP contribution in [0.2, 0.25) is 0 Å². The zero-order valence-corrected chi connectivity index (χ0v) is 41.9. The van der Waals surface area contributed by atoms with E-state index in [2.05, 4.69) is 214 Å². The Balaban J connectivity index is 1.05. The summed E-state index contributed by atoms with van der Waals surface area (Å²) in [4.78, 5) is 4.90. The second-order valence-electron chi connectivity index (χ2n) is 19.2. The normalized spacial score (nSPS) is 11.9. The van der Waals surface area contributed by atoms with E-state index in [-0.39, 0.29) is 0 Å². The molecule has 0 aliphatic carbocycles. The minimum absolute atomic E-state index is 1.17. The van der Waals surface area contributed by atoms with Crippen LogP contribution in [0.1, 0.15) is 66.8 Å². The van der Waals surface area contributed by atoms with Crippen molar-refractivity contribution < 1.29 is 0 Å². The molecule has 0 fully saturated rings. The van der Waals surface area contributed by atoms with Crippen molar-refractivity contribution in [1.82, 2.24) is 0 Å². The van der Waals surface area contributed by atoms with Crippen molar-refractivity contribution in [3.8, 4) is 0 Å². The highest BCUT2D eigenvalue weighted by Crippen LogP contribution is 2.49. The van der Waals surface area contributed by atoms with Gasteiger partial charge in [-0.1, -0.05) is 42.5 Å². The fourth-order valence-corrected chi connectivity index (χ4v) is 13.1. The van der Waals surface area contributed by atoms with Crippen molar-refractivity contribution in [3.63, 3.8) is 0 Å². The molecule has 2 aromatic heterocycles. The van der Waals surface area contributed by atoms with Crippen LogP contribution in [0.5, 0.6) is 0 Å². The Bertz CT molecular complexity index is 3650. The van der Waals surface area contributed by atoms with E-state index < -0.39 is 0 Å². The molecule has 0 amide bonds. The molecule has 11 aromatic rings. The molecule has 9 aromatic carbocycles. The molecule has 0 saturated carbocycles. The van der Waals surface area contributed by atoms with E-state index in [9.17, 15) is 0 Å². The number of benzene rings is 9. The number of hydrogen-bond donors (Lipinski definition) is 0. The van der Waals surface area contributed by atoms with Crippen LogP contribution in [-0.2, 0) is 0 Å². The second kappa shape index (κ2) is 15.6. The zero-order chi connectivity index (χ0) is 46.0. The van der Waals surface area contributed by atoms with Crippen molar-refractivity contribution in [2.75, 3.05) is 9.80 Å². The second-order valence-corrected chi connectivity index (χ2v) is 21.3. The summed E-state index contributed by atoms with van der Waals surface area (Å²) in [6.07, 6.45) is 0. The summed E-state index contributed by atoms with van der Waals surface area (Å²) >= 11 is 3.89. The topological polar surface area (TPSA) is 6.48 Å². The molecule has 0 saturated heterocycles. The first-order valence-corrected chi connectivity index (χ1v) is 24.9. The summed E-state index contributed by atoms with van der Waals surface area (Å²) in [7, 11) is 0. The van der Waals surface area contributed by atoms with Gasteiger partial charge in [-0.05, 0) is 250 Å². The predicted molar refractivity (Wildman–Crippen MR) is 293 cm³/mol. The van der Waals surface area contributed by atoms with E-state index >= 15 is 0 Å². The molecule has 0 atom stereocenters. The van der Waals surface area contributed by atoms with Gasteiger partial charge >= 0.3 is 0 Å². The average Bonchev–Trinajstić information content (AvgIpc) is 3.87. The fraction of sp³-hybridized carbons (Fsp3) is 0.194. The maximum atomic E-state index is 2.45. The Morgan fingerprint density at radius 3 is 0.985 bits per heavy atom. The molecule has 2 heterocycles. The third-order valence-electron chi connectivity index (χ3n) is 15.2. The van der Waals surface area contributed by atoms with Crippen molar-refractivity contribution in [2.24, 2.45) is 0 Å². The van der Waals surface area contributed by atoms with Gasteiger partial charge < -0.3 is 9.80 Å². The van der Waals surface area contributed by atoms with Gasteiger partial charge in [-0.25, -0.2) is 0 Å². The molecule has 0 aliphatic rings. The Morgan fingerprint density at radius 1 is 0.273 bits per heavy atom. The van der Waals surface area contributed by atoms with E-state index in [0.29, 0.717) is 0 Å². The third kappa shape index (κ3) is 6.63. The molecule has 0 radical (unpaired) electrons. The zero-order valence-electron chi connectivity index (χ0n) is 40.3. The first kappa shape index (κ1) is 42.2. The molecule has 2 nitrogen and oxygen atoms in total. The van der Waals surface area contributed by atoms with Gasteiger partial charge in [-0.2, -0.15) is 0 Å². The van der Waals surface area contributed by atoms with Crippen molar-refractivity contribution in [2.45, 2.75) is 83.1 Å². The van der Waals surface area contributed by atoms with Gasteiger partial charge in [-0.3, -0.25) is 0 Å². The Kier molecular flexibility index (Phi) is 9.96. The number of fused-ring (bicyclic) bond motifs is 11. The summed E-state index contributed by atoms with van der Waals surface area (Å²) in [6, 6.07) is 47.1. The van der Waals surface area contributed by atoms with Crippen molar-refractivity contribution >= 4 is 119 Å². The number of hydrogen-bond acceptors (Lipinski definition) is 4. The number of aryl methyl sites for hydroxylation is 8. The molecule has 66 heavy (non-hydrogen) atoms. The third-order valence-corrected chi connectivity index (χ3v) is 17.7. The molecule has 0 spiro atoms. The molecular weight excluding hydrogens is 837 g/mol. The number of nitrogens with zero attached hydrogens (tertiary/aromatic N) is 2. The Morgan fingerprint density at radius 2 is 0.591 bits per heavy atom. The van der Waals surface area contributed by atoms with E-state index in [1.807, 2.05) is 22.7 Å². The first-order valence-electron chi connectivity index (χ1n) is 23.2. The number of thiophene rings is 2. The molecule has 0 N–H and O–H groups in total. The highest BCUT2D eigenvalue weighted by molar-refractivity contribution is 7.30. The lowest BCUT2D eigenvalue weighted by atomic mass is 9.99. The van der Waals surface area contributed by atoms with Gasteiger partial charge in [-0.15, -0.1) is 22.7 Å². The van der Waals surface area contributed by atoms with Crippen LogP contribution in [0.15, 0.2) is 121 Å². The van der Waals surface area contributed by atoms with E-state index in [4.69, 9.17) is 0 Å². The SMILES string of the molecule is Cc1cc(N(c2cc(C)c(C)c(C)c2)c2ccc3c(ccc4c5ccc6sc7c8ccc(N(c9cc(C)c(C)c(C)c9)c9cc(C)c(C)c(C)c9)cc8ccc7c6c5sc34)c2)cc(C)c1C. The first-order chi connectivity index (χ1) is 31.6. The fourth-order valence-electron chi connectivity index (χ4n) is 10.4. The monoisotopic (exact) mass is 892 g/mol. The van der Waals surface area contributed by atoms with Gasteiger partial charge in [0, 0.05) is 74.5 Å². The highest BCUT2D eigenvalue weighted by atomic mass is 32.1. The lowest BCUT2D eigenvalue weighted by Crippen LogP contribution is -2.12. The van der Waals surface area contributed by atoms with Crippen LogP contribution in [0.3, 0.4) is 0 Å². The molecule has 0 bridgehead atoms. The number of anilines is 6. The van der Waals surface area contributed by atoms with E-state index in [0.717, 1.165) is 0 Å². The molecule has 4 heteroatoms. The van der Waals surface area contributed by atoms with E-state index in [1.165, 1.54) is 163 Å². The van der Waals surface area contributed by atoms with Crippen LogP contribution in [0, 0.1) is 83.1 Å². The predicted octanol–water partition coefficient (Wildman–Crippen LogP) is 19.4. The van der Waals surface area contributed by atoms with Crippen molar-refractivity contribution in [3.05, 3.63) is 188 Å². The van der Waals surface area contributed by atoms with Gasteiger partial charge in [0.05, 0.1) is 0 Å². The standard InChI is InChI=1S/C62H56N2S2/c1-33-23-49(24-34(2)41(33)9)63(50-25-35(3)42(10)36(4)26-50)47-15-19-53-45(31-47)13-17-55-56-21-22-58-59(62(56)66-60(53)55)57-18-14-46-32-48(16-20-54(46)61(57)65-58)64(51-27-37(5)43(11)38(6)28-51)52-29-39(7)44(12)40(8)30-52/h13-32H,1-12H3. The average molecular weight is 893 g/mol. The minimum Gasteiger partial charge on any atom is -0.310 e. The van der Waals surface area contributed by atoms with Gasteiger partial charge in [0.2, 0.25) is 0 Å². The lowest BCUT2D eigenvalue weighted by Gasteiger charge is -2.28. The lowest BCUT2D eigenvalue weighted by molar-refractivity contribution is 1.19. The Labute approximate surface area is 397 Å². The van der Waals surface area contributed by atoms with Crippen LogP contribution in [0.25, 0.3) is 61.9 Å². The maximum Gasteiger partial charge on any atom is 0.0468 e.